The van der Waals surface area contributed by atoms with Crippen LogP contribution >= 0.6 is 0 Å². The van der Waals surface area contributed by atoms with Crippen molar-refractivity contribution >= 4 is 5.78 Å². The summed E-state index contributed by atoms with van der Waals surface area (Å²) in [6, 6.07) is 0. The third-order valence-corrected chi connectivity index (χ3v) is 2.43. The molecule has 0 heterocycles. The van der Waals surface area contributed by atoms with Crippen molar-refractivity contribution in [2.24, 2.45) is 5.73 Å². The standard InChI is InChI=1S/C11H21NO2/c1-5-6-7-11(3,14-4)10(12)8-9(2)13/h8H,5-7,12H2,1-4H3. The van der Waals surface area contributed by atoms with Gasteiger partial charge in [-0.1, -0.05) is 19.8 Å². The number of carbonyl (C=O) groups is 1. The maximum Gasteiger partial charge on any atom is 0.154 e. The molecule has 0 amide bonds. The van der Waals surface area contributed by atoms with Crippen molar-refractivity contribution in [3.8, 4) is 0 Å². The minimum Gasteiger partial charge on any atom is -0.400 e. The highest BCUT2D eigenvalue weighted by atomic mass is 16.5. The van der Waals surface area contributed by atoms with Crippen LogP contribution in [0.3, 0.4) is 0 Å². The van der Waals surface area contributed by atoms with E-state index >= 15 is 0 Å². The minimum atomic E-state index is -0.498. The van der Waals surface area contributed by atoms with E-state index < -0.39 is 5.60 Å². The lowest BCUT2D eigenvalue weighted by molar-refractivity contribution is -0.112. The molecule has 0 aliphatic carbocycles. The molecular formula is C11H21NO2. The molecule has 2 N–H and O–H groups in total. The molecule has 0 fully saturated rings. The van der Waals surface area contributed by atoms with Crippen molar-refractivity contribution in [3.05, 3.63) is 11.8 Å². The van der Waals surface area contributed by atoms with Gasteiger partial charge in [-0.3, -0.25) is 4.79 Å². The number of allylic oxidation sites excluding steroid dienone is 1. The van der Waals surface area contributed by atoms with Crippen LogP contribution in [0.2, 0.25) is 0 Å². The Kier molecular flexibility index (Phi) is 5.46. The Hall–Kier alpha value is -0.830. The van der Waals surface area contributed by atoms with Gasteiger partial charge < -0.3 is 10.5 Å². The number of unbranched alkanes of at least 4 members (excludes halogenated alkanes) is 1. The number of methoxy groups -OCH3 is 1. The summed E-state index contributed by atoms with van der Waals surface area (Å²) in [5.41, 5.74) is 5.84. The maximum absolute atomic E-state index is 10.9. The quantitative estimate of drug-likeness (QED) is 0.666. The van der Waals surface area contributed by atoms with E-state index in [0.29, 0.717) is 5.70 Å². The monoisotopic (exact) mass is 199 g/mol. The summed E-state index contributed by atoms with van der Waals surface area (Å²) in [6.45, 7) is 5.52. The highest BCUT2D eigenvalue weighted by molar-refractivity contribution is 5.88. The molecule has 0 saturated heterocycles. The SMILES string of the molecule is CCCCC(C)(OC)C(N)=CC(C)=O. The Balaban J connectivity index is 4.57. The van der Waals surface area contributed by atoms with Gasteiger partial charge in [-0.15, -0.1) is 0 Å². The van der Waals surface area contributed by atoms with Gasteiger partial charge in [0.2, 0.25) is 0 Å². The van der Waals surface area contributed by atoms with E-state index in [4.69, 9.17) is 10.5 Å². The average molecular weight is 199 g/mol. The number of hydrogen-bond donors (Lipinski definition) is 1. The van der Waals surface area contributed by atoms with Crippen LogP contribution in [0.15, 0.2) is 11.8 Å². The molecule has 0 radical (unpaired) electrons. The zero-order valence-corrected chi connectivity index (χ0v) is 9.59. The molecule has 82 valence electrons. The molecule has 0 aliphatic rings. The van der Waals surface area contributed by atoms with Gasteiger partial charge >= 0.3 is 0 Å². The Morgan fingerprint density at radius 3 is 2.50 bits per heavy atom. The summed E-state index contributed by atoms with van der Waals surface area (Å²) in [5, 5.41) is 0. The van der Waals surface area contributed by atoms with Crippen molar-refractivity contribution in [3.63, 3.8) is 0 Å². The fraction of sp³-hybridized carbons (Fsp3) is 0.727. The number of rotatable bonds is 6. The Morgan fingerprint density at radius 2 is 2.14 bits per heavy atom. The molecule has 1 atom stereocenters. The van der Waals surface area contributed by atoms with E-state index in [1.54, 1.807) is 7.11 Å². The first-order chi connectivity index (χ1) is 6.46. The molecule has 0 spiro atoms. The Labute approximate surface area is 86.3 Å². The van der Waals surface area contributed by atoms with Crippen molar-refractivity contribution in [1.29, 1.82) is 0 Å². The number of carbonyl (C=O) groups excluding carboxylic acids is 1. The third-order valence-electron chi connectivity index (χ3n) is 2.43. The van der Waals surface area contributed by atoms with Crippen molar-refractivity contribution < 1.29 is 9.53 Å². The first-order valence-electron chi connectivity index (χ1n) is 4.99. The minimum absolute atomic E-state index is 0.0396. The molecular weight excluding hydrogens is 178 g/mol. The normalized spacial score (nSPS) is 16.4. The molecule has 0 bridgehead atoms. The van der Waals surface area contributed by atoms with Gasteiger partial charge in [0.15, 0.2) is 5.78 Å². The number of nitrogens with two attached hydrogens (primary N) is 1. The van der Waals surface area contributed by atoms with Crippen LogP contribution in [0, 0.1) is 0 Å². The lowest BCUT2D eigenvalue weighted by Crippen LogP contribution is -2.34. The van der Waals surface area contributed by atoms with Crippen LogP contribution in [0.4, 0.5) is 0 Å². The van der Waals surface area contributed by atoms with E-state index in [1.165, 1.54) is 13.0 Å². The first-order valence-corrected chi connectivity index (χ1v) is 4.99. The average Bonchev–Trinajstić information content (AvgIpc) is 2.13. The summed E-state index contributed by atoms with van der Waals surface area (Å²) in [5.74, 6) is -0.0396. The maximum atomic E-state index is 10.9. The molecule has 0 rings (SSSR count). The Morgan fingerprint density at radius 1 is 1.57 bits per heavy atom. The second-order valence-electron chi connectivity index (χ2n) is 3.75. The lowest BCUT2D eigenvalue weighted by Gasteiger charge is -2.28. The molecule has 3 heteroatoms. The van der Waals surface area contributed by atoms with Gasteiger partial charge in [-0.05, 0) is 20.3 Å². The zero-order chi connectivity index (χ0) is 11.2. The van der Waals surface area contributed by atoms with Crippen LogP contribution in [0.25, 0.3) is 0 Å². The van der Waals surface area contributed by atoms with Crippen molar-refractivity contribution in [2.75, 3.05) is 7.11 Å². The van der Waals surface area contributed by atoms with E-state index in [-0.39, 0.29) is 5.78 Å². The highest BCUT2D eigenvalue weighted by Crippen LogP contribution is 2.23. The van der Waals surface area contributed by atoms with Gasteiger partial charge in [0.25, 0.3) is 0 Å². The predicted molar refractivity (Wildman–Crippen MR) is 57.9 cm³/mol. The van der Waals surface area contributed by atoms with E-state index in [1.807, 2.05) is 6.92 Å². The lowest BCUT2D eigenvalue weighted by atomic mass is 9.94. The molecule has 0 aromatic carbocycles. The molecule has 1 unspecified atom stereocenters. The Bertz CT molecular complexity index is 223. The van der Waals surface area contributed by atoms with Gasteiger partial charge in [-0.2, -0.15) is 0 Å². The number of ether oxygens (including phenoxy) is 1. The zero-order valence-electron chi connectivity index (χ0n) is 9.59. The molecule has 0 aromatic heterocycles. The first kappa shape index (κ1) is 13.2. The van der Waals surface area contributed by atoms with Gasteiger partial charge in [-0.25, -0.2) is 0 Å². The van der Waals surface area contributed by atoms with Crippen LogP contribution in [0.1, 0.15) is 40.0 Å². The third kappa shape index (κ3) is 3.92. The second-order valence-corrected chi connectivity index (χ2v) is 3.75. The summed E-state index contributed by atoms with van der Waals surface area (Å²) < 4.78 is 5.36. The summed E-state index contributed by atoms with van der Waals surface area (Å²) in [7, 11) is 1.62. The molecule has 14 heavy (non-hydrogen) atoms. The smallest absolute Gasteiger partial charge is 0.154 e. The van der Waals surface area contributed by atoms with Crippen LogP contribution < -0.4 is 5.73 Å². The number of ketones is 1. The fourth-order valence-electron chi connectivity index (χ4n) is 1.25. The van der Waals surface area contributed by atoms with Gasteiger partial charge in [0.05, 0.1) is 0 Å². The molecule has 3 nitrogen and oxygen atoms in total. The second kappa shape index (κ2) is 5.81. The van der Waals surface area contributed by atoms with Gasteiger partial charge in [0, 0.05) is 18.9 Å². The highest BCUT2D eigenvalue weighted by Gasteiger charge is 2.26. The summed E-state index contributed by atoms with van der Waals surface area (Å²) in [4.78, 5) is 10.9. The van der Waals surface area contributed by atoms with E-state index in [0.717, 1.165) is 19.3 Å². The topological polar surface area (TPSA) is 52.3 Å². The van der Waals surface area contributed by atoms with Crippen LogP contribution in [0.5, 0.6) is 0 Å². The molecule has 0 aromatic rings. The number of hydrogen-bond acceptors (Lipinski definition) is 3. The molecule has 0 saturated carbocycles. The molecule has 0 aliphatic heterocycles. The van der Waals surface area contributed by atoms with E-state index in [2.05, 4.69) is 6.92 Å². The fourth-order valence-corrected chi connectivity index (χ4v) is 1.25. The van der Waals surface area contributed by atoms with Crippen LogP contribution in [-0.4, -0.2) is 18.5 Å². The summed E-state index contributed by atoms with van der Waals surface area (Å²) in [6.07, 6.45) is 4.41. The largest absolute Gasteiger partial charge is 0.400 e. The van der Waals surface area contributed by atoms with Gasteiger partial charge in [0.1, 0.15) is 5.60 Å². The van der Waals surface area contributed by atoms with Crippen molar-refractivity contribution in [2.45, 2.75) is 45.6 Å². The van der Waals surface area contributed by atoms with Crippen molar-refractivity contribution in [1.82, 2.24) is 0 Å². The van der Waals surface area contributed by atoms with Crippen LogP contribution in [-0.2, 0) is 9.53 Å². The summed E-state index contributed by atoms with van der Waals surface area (Å²) >= 11 is 0. The van der Waals surface area contributed by atoms with E-state index in [9.17, 15) is 4.79 Å². The predicted octanol–water partition coefficient (Wildman–Crippen LogP) is 2.01.